The van der Waals surface area contributed by atoms with Gasteiger partial charge >= 0.3 is 5.97 Å². The Morgan fingerprint density at radius 1 is 1.37 bits per heavy atom. The van der Waals surface area contributed by atoms with Gasteiger partial charge in [-0.3, -0.25) is 4.79 Å². The number of carboxylic acid groups (broad SMARTS) is 1. The van der Waals surface area contributed by atoms with E-state index in [1.165, 1.54) is 0 Å². The van der Waals surface area contributed by atoms with Crippen LogP contribution in [0.2, 0.25) is 0 Å². The molecule has 19 heavy (non-hydrogen) atoms. The van der Waals surface area contributed by atoms with Crippen molar-refractivity contribution in [3.63, 3.8) is 0 Å². The summed E-state index contributed by atoms with van der Waals surface area (Å²) >= 11 is 1.60. The van der Waals surface area contributed by atoms with Crippen LogP contribution < -0.4 is 0 Å². The van der Waals surface area contributed by atoms with Crippen LogP contribution in [0.1, 0.15) is 5.56 Å². The summed E-state index contributed by atoms with van der Waals surface area (Å²) in [6, 6.07) is 7.60. The monoisotopic (exact) mass is 272 g/mol. The maximum absolute atomic E-state index is 11.1. The first-order valence-electron chi connectivity index (χ1n) is 5.87. The van der Waals surface area contributed by atoms with Crippen molar-refractivity contribution < 1.29 is 9.90 Å². The number of hydrogen-bond donors (Lipinski definition) is 1. The molecule has 2 heterocycles. The highest BCUT2D eigenvalue weighted by molar-refractivity contribution is 7.08. The van der Waals surface area contributed by atoms with E-state index >= 15 is 0 Å². The average molecular weight is 272 g/mol. The number of thiophene rings is 1. The topological polar surface area (TPSA) is 55.1 Å². The minimum atomic E-state index is -0.864. The number of hydrogen-bond acceptors (Lipinski definition) is 3. The number of fused-ring (bicyclic) bond motifs is 1. The van der Waals surface area contributed by atoms with Crippen molar-refractivity contribution in [1.82, 2.24) is 9.55 Å². The van der Waals surface area contributed by atoms with Gasteiger partial charge in [-0.1, -0.05) is 12.1 Å². The molecule has 2 aromatic heterocycles. The fraction of sp³-hybridized carbons (Fsp3) is 0.143. The molecule has 0 bridgehead atoms. The lowest BCUT2D eigenvalue weighted by molar-refractivity contribution is -0.137. The number of aryl methyl sites for hydroxylation is 1. The summed E-state index contributed by atoms with van der Waals surface area (Å²) < 4.78 is 1.76. The summed E-state index contributed by atoms with van der Waals surface area (Å²) in [7, 11) is 0. The quantitative estimate of drug-likeness (QED) is 0.796. The molecular formula is C14H12N2O2S. The number of benzene rings is 1. The standard InChI is InChI=1S/C14H12N2O2S/c1-9-7-19-8-10(9)14-15-11-4-2-3-5-12(11)16(14)6-13(17)18/h2-5,7-8H,6H2,1H3,(H,17,18). The van der Waals surface area contributed by atoms with Gasteiger partial charge in [-0.2, -0.15) is 11.3 Å². The Labute approximate surface area is 113 Å². The third-order valence-electron chi connectivity index (χ3n) is 3.04. The zero-order chi connectivity index (χ0) is 13.4. The van der Waals surface area contributed by atoms with E-state index in [0.29, 0.717) is 0 Å². The van der Waals surface area contributed by atoms with Crippen LogP contribution in [0, 0.1) is 6.92 Å². The molecule has 0 amide bonds. The van der Waals surface area contributed by atoms with Crippen molar-refractivity contribution in [2.24, 2.45) is 0 Å². The number of nitrogens with zero attached hydrogens (tertiary/aromatic N) is 2. The highest BCUT2D eigenvalue weighted by Gasteiger charge is 2.16. The van der Waals surface area contributed by atoms with Crippen LogP contribution >= 0.6 is 11.3 Å². The van der Waals surface area contributed by atoms with E-state index in [0.717, 1.165) is 28.0 Å². The minimum Gasteiger partial charge on any atom is -0.480 e. The zero-order valence-electron chi connectivity index (χ0n) is 10.3. The van der Waals surface area contributed by atoms with Crippen molar-refractivity contribution in [2.75, 3.05) is 0 Å². The van der Waals surface area contributed by atoms with Crippen molar-refractivity contribution in [2.45, 2.75) is 13.5 Å². The Morgan fingerprint density at radius 2 is 2.16 bits per heavy atom. The molecule has 0 fully saturated rings. The second-order valence-electron chi connectivity index (χ2n) is 4.37. The van der Waals surface area contributed by atoms with Crippen molar-refractivity contribution in [1.29, 1.82) is 0 Å². The number of aromatic nitrogens is 2. The van der Waals surface area contributed by atoms with Gasteiger partial charge < -0.3 is 9.67 Å². The summed E-state index contributed by atoms with van der Waals surface area (Å²) in [4.78, 5) is 15.6. The van der Waals surface area contributed by atoms with Crippen molar-refractivity contribution in [3.05, 3.63) is 40.6 Å². The maximum atomic E-state index is 11.1. The lowest BCUT2D eigenvalue weighted by atomic mass is 10.2. The van der Waals surface area contributed by atoms with E-state index in [2.05, 4.69) is 4.98 Å². The molecule has 0 aliphatic heterocycles. The van der Waals surface area contributed by atoms with E-state index < -0.39 is 5.97 Å². The Hall–Kier alpha value is -2.14. The summed E-state index contributed by atoms with van der Waals surface area (Å²) in [6.45, 7) is 1.93. The maximum Gasteiger partial charge on any atom is 0.323 e. The fourth-order valence-corrected chi connectivity index (χ4v) is 2.99. The van der Waals surface area contributed by atoms with E-state index in [4.69, 9.17) is 5.11 Å². The zero-order valence-corrected chi connectivity index (χ0v) is 11.1. The molecule has 0 saturated heterocycles. The van der Waals surface area contributed by atoms with Crippen LogP contribution in [0.25, 0.3) is 22.4 Å². The molecule has 0 saturated carbocycles. The van der Waals surface area contributed by atoms with E-state index in [1.54, 1.807) is 15.9 Å². The van der Waals surface area contributed by atoms with Gasteiger partial charge in [0.2, 0.25) is 0 Å². The molecule has 4 nitrogen and oxygen atoms in total. The molecule has 0 aliphatic carbocycles. The van der Waals surface area contributed by atoms with Gasteiger partial charge in [0.15, 0.2) is 0 Å². The Kier molecular flexibility index (Phi) is 2.83. The largest absolute Gasteiger partial charge is 0.480 e. The van der Waals surface area contributed by atoms with Crippen LogP contribution in [-0.4, -0.2) is 20.6 Å². The highest BCUT2D eigenvalue weighted by atomic mass is 32.1. The lowest BCUT2D eigenvalue weighted by Gasteiger charge is -2.05. The molecular weight excluding hydrogens is 260 g/mol. The van der Waals surface area contributed by atoms with Crippen LogP contribution in [0.15, 0.2) is 35.0 Å². The van der Waals surface area contributed by atoms with E-state index in [-0.39, 0.29) is 6.54 Å². The number of carbonyl (C=O) groups is 1. The van der Waals surface area contributed by atoms with E-state index in [9.17, 15) is 4.79 Å². The SMILES string of the molecule is Cc1cscc1-c1nc2ccccc2n1CC(=O)O. The minimum absolute atomic E-state index is 0.0782. The molecule has 1 aromatic carbocycles. The van der Waals surface area contributed by atoms with Crippen LogP contribution in [0.3, 0.4) is 0 Å². The molecule has 3 rings (SSSR count). The third kappa shape index (κ3) is 2.02. The van der Waals surface area contributed by atoms with Gasteiger partial charge in [0, 0.05) is 10.9 Å². The first-order chi connectivity index (χ1) is 9.16. The van der Waals surface area contributed by atoms with Gasteiger partial charge in [-0.05, 0) is 30.0 Å². The van der Waals surface area contributed by atoms with Gasteiger partial charge in [-0.25, -0.2) is 4.98 Å². The summed E-state index contributed by atoms with van der Waals surface area (Å²) in [5, 5.41) is 13.1. The second kappa shape index (κ2) is 4.51. The normalized spacial score (nSPS) is 11.0. The first kappa shape index (κ1) is 11.9. The molecule has 0 radical (unpaired) electrons. The van der Waals surface area contributed by atoms with Crippen molar-refractivity contribution in [3.8, 4) is 11.4 Å². The Morgan fingerprint density at radius 3 is 2.84 bits per heavy atom. The summed E-state index contributed by atoms with van der Waals surface area (Å²) in [5.41, 5.74) is 3.80. The smallest absolute Gasteiger partial charge is 0.323 e. The summed E-state index contributed by atoms with van der Waals surface area (Å²) in [5.74, 6) is -0.139. The molecule has 3 aromatic rings. The number of aliphatic carboxylic acids is 1. The average Bonchev–Trinajstić information content (AvgIpc) is 2.93. The predicted molar refractivity (Wildman–Crippen MR) is 75.4 cm³/mol. The first-order valence-corrected chi connectivity index (χ1v) is 6.81. The predicted octanol–water partition coefficient (Wildman–Crippen LogP) is 3.16. The molecule has 0 spiro atoms. The van der Waals surface area contributed by atoms with Gasteiger partial charge in [0.25, 0.3) is 0 Å². The number of para-hydroxylation sites is 2. The molecule has 0 atom stereocenters. The summed E-state index contributed by atoms with van der Waals surface area (Å²) in [6.07, 6.45) is 0. The molecule has 5 heteroatoms. The molecule has 0 aliphatic rings. The lowest BCUT2D eigenvalue weighted by Crippen LogP contribution is -2.10. The highest BCUT2D eigenvalue weighted by Crippen LogP contribution is 2.29. The van der Waals surface area contributed by atoms with Crippen LogP contribution in [0.4, 0.5) is 0 Å². The molecule has 1 N–H and O–H groups in total. The number of carboxylic acids is 1. The third-order valence-corrected chi connectivity index (χ3v) is 3.91. The van der Waals surface area contributed by atoms with E-state index in [1.807, 2.05) is 41.9 Å². The Bertz CT molecular complexity index is 758. The van der Waals surface area contributed by atoms with Crippen LogP contribution in [0.5, 0.6) is 0 Å². The number of rotatable bonds is 3. The Balaban J connectivity index is 2.28. The van der Waals surface area contributed by atoms with Gasteiger partial charge in [0.1, 0.15) is 12.4 Å². The van der Waals surface area contributed by atoms with Crippen LogP contribution in [-0.2, 0) is 11.3 Å². The fourth-order valence-electron chi connectivity index (χ4n) is 2.17. The van der Waals surface area contributed by atoms with Gasteiger partial charge in [-0.15, -0.1) is 0 Å². The van der Waals surface area contributed by atoms with Crippen molar-refractivity contribution >= 4 is 28.3 Å². The molecule has 96 valence electrons. The molecule has 0 unspecified atom stereocenters. The number of imidazole rings is 1. The second-order valence-corrected chi connectivity index (χ2v) is 5.12. The van der Waals surface area contributed by atoms with Gasteiger partial charge in [0.05, 0.1) is 11.0 Å².